The summed E-state index contributed by atoms with van der Waals surface area (Å²) in [5.41, 5.74) is 0. The number of ketones is 1. The molecule has 1 saturated heterocycles. The number of carbonyl (C=O) groups is 3. The van der Waals surface area contributed by atoms with Gasteiger partial charge >= 0.3 is 5.97 Å². The Kier molecular flexibility index (Phi) is 4.17. The maximum atomic E-state index is 11.3. The molecule has 1 N–H and O–H groups in total. The Bertz CT molecular complexity index is 354. The molecular weight excluding hydrogens is 234 g/mol. The fourth-order valence-electron chi connectivity index (χ4n) is 1.58. The Morgan fingerprint density at radius 3 is 2.56 bits per heavy atom. The third-order valence-electron chi connectivity index (χ3n) is 2.36. The first kappa shape index (κ1) is 12.8. The predicted molar refractivity (Wildman–Crippen MR) is 56.3 cm³/mol. The number of carbonyl (C=O) groups excluding carboxylic acids is 2. The highest BCUT2D eigenvalue weighted by Crippen LogP contribution is 2.14. The van der Waals surface area contributed by atoms with Crippen LogP contribution in [0.5, 0.6) is 0 Å². The number of carboxylic acid groups (broad SMARTS) is 1. The number of amides is 1. The maximum Gasteiger partial charge on any atom is 0.326 e. The van der Waals surface area contributed by atoms with Gasteiger partial charge in [-0.3, -0.25) is 13.8 Å². The van der Waals surface area contributed by atoms with Crippen molar-refractivity contribution in [1.29, 1.82) is 0 Å². The Hall–Kier alpha value is -1.24. The lowest BCUT2D eigenvalue weighted by Crippen LogP contribution is -2.43. The summed E-state index contributed by atoms with van der Waals surface area (Å²) < 4.78 is 10.9. The molecule has 1 aliphatic rings. The standard InChI is InChI=1S/C9H13NO5S/c1-16(15)3-2-7(9(13)14)10-5-6(11)4-8(10)12/h7H,2-5H2,1H3,(H,13,14)/t7-,16?/m0/s1. The summed E-state index contributed by atoms with van der Waals surface area (Å²) in [6.45, 7) is -0.147. The third-order valence-corrected chi connectivity index (χ3v) is 3.17. The zero-order chi connectivity index (χ0) is 12.3. The van der Waals surface area contributed by atoms with Gasteiger partial charge in [0.25, 0.3) is 0 Å². The summed E-state index contributed by atoms with van der Waals surface area (Å²) in [7, 11) is -1.11. The van der Waals surface area contributed by atoms with E-state index in [0.717, 1.165) is 4.90 Å². The van der Waals surface area contributed by atoms with Crippen molar-refractivity contribution in [2.45, 2.75) is 18.9 Å². The smallest absolute Gasteiger partial charge is 0.326 e. The Morgan fingerprint density at radius 1 is 1.56 bits per heavy atom. The van der Waals surface area contributed by atoms with Crippen LogP contribution >= 0.6 is 0 Å². The van der Waals surface area contributed by atoms with Gasteiger partial charge < -0.3 is 10.0 Å². The molecule has 1 amide bonds. The van der Waals surface area contributed by atoms with E-state index in [1.165, 1.54) is 6.26 Å². The van der Waals surface area contributed by atoms with Crippen molar-refractivity contribution in [3.8, 4) is 0 Å². The lowest BCUT2D eigenvalue weighted by Gasteiger charge is -2.22. The van der Waals surface area contributed by atoms with Crippen molar-refractivity contribution in [2.24, 2.45) is 0 Å². The summed E-state index contributed by atoms with van der Waals surface area (Å²) in [5, 5.41) is 8.95. The fourth-order valence-corrected chi connectivity index (χ4v) is 2.13. The predicted octanol–water partition coefficient (Wildman–Crippen LogP) is -0.990. The summed E-state index contributed by atoms with van der Waals surface area (Å²) in [6.07, 6.45) is 1.35. The van der Waals surface area contributed by atoms with E-state index in [4.69, 9.17) is 5.11 Å². The molecule has 0 spiro atoms. The molecule has 90 valence electrons. The topological polar surface area (TPSA) is 91.8 Å². The van der Waals surface area contributed by atoms with Gasteiger partial charge in [0, 0.05) is 22.8 Å². The van der Waals surface area contributed by atoms with Crippen LogP contribution in [-0.4, -0.2) is 56.5 Å². The third kappa shape index (κ3) is 3.13. The second kappa shape index (κ2) is 5.20. The van der Waals surface area contributed by atoms with E-state index in [2.05, 4.69) is 0 Å². The molecule has 0 aliphatic carbocycles. The molecule has 1 unspecified atom stereocenters. The first-order valence-corrected chi connectivity index (χ1v) is 6.48. The molecule has 16 heavy (non-hydrogen) atoms. The lowest BCUT2D eigenvalue weighted by molar-refractivity contribution is -0.148. The molecule has 1 aliphatic heterocycles. The average molecular weight is 247 g/mol. The summed E-state index contributed by atoms with van der Waals surface area (Å²) in [4.78, 5) is 34.4. The number of likely N-dealkylation sites (tertiary alicyclic amines) is 1. The molecule has 1 heterocycles. The number of hydrogen-bond donors (Lipinski definition) is 1. The summed E-state index contributed by atoms with van der Waals surface area (Å²) >= 11 is 0. The quantitative estimate of drug-likeness (QED) is 0.630. The van der Waals surface area contributed by atoms with Crippen LogP contribution in [0.25, 0.3) is 0 Å². The molecule has 2 atom stereocenters. The fraction of sp³-hybridized carbons (Fsp3) is 0.667. The second-order valence-electron chi connectivity index (χ2n) is 3.66. The molecule has 1 rings (SSSR count). The van der Waals surface area contributed by atoms with Crippen molar-refractivity contribution >= 4 is 28.5 Å². The number of Topliss-reactive ketones (excluding diaryl/α,β-unsaturated/α-hetero) is 1. The summed E-state index contributed by atoms with van der Waals surface area (Å²) in [6, 6.07) is -1.04. The van der Waals surface area contributed by atoms with E-state index in [1.54, 1.807) is 0 Å². The maximum absolute atomic E-state index is 11.3. The number of rotatable bonds is 5. The first-order chi connectivity index (χ1) is 7.41. The molecule has 7 heteroatoms. The van der Waals surface area contributed by atoms with Crippen LogP contribution in [0.15, 0.2) is 0 Å². The molecule has 0 saturated carbocycles. The van der Waals surface area contributed by atoms with Gasteiger partial charge in [-0.25, -0.2) is 4.79 Å². The largest absolute Gasteiger partial charge is 0.480 e. The van der Waals surface area contributed by atoms with E-state index in [-0.39, 0.29) is 30.9 Å². The molecular formula is C9H13NO5S. The van der Waals surface area contributed by atoms with Crippen LogP contribution in [-0.2, 0) is 25.2 Å². The van der Waals surface area contributed by atoms with E-state index >= 15 is 0 Å². The van der Waals surface area contributed by atoms with Gasteiger partial charge in [-0.1, -0.05) is 0 Å². The highest BCUT2D eigenvalue weighted by atomic mass is 32.2. The zero-order valence-electron chi connectivity index (χ0n) is 8.84. The van der Waals surface area contributed by atoms with Gasteiger partial charge in [0.1, 0.15) is 6.04 Å². The van der Waals surface area contributed by atoms with Crippen molar-refractivity contribution in [3.63, 3.8) is 0 Å². The normalized spacial score (nSPS) is 19.9. The molecule has 0 radical (unpaired) electrons. The van der Waals surface area contributed by atoms with Crippen LogP contribution in [0.2, 0.25) is 0 Å². The van der Waals surface area contributed by atoms with Crippen molar-refractivity contribution in [1.82, 2.24) is 4.90 Å². The highest BCUT2D eigenvalue weighted by molar-refractivity contribution is 7.84. The SMILES string of the molecule is CS(=O)CC[C@@H](C(=O)O)N1CC(=O)CC1=O. The monoisotopic (exact) mass is 247 g/mol. The average Bonchev–Trinajstić information content (AvgIpc) is 2.45. The van der Waals surface area contributed by atoms with Crippen molar-refractivity contribution < 1.29 is 23.7 Å². The summed E-state index contributed by atoms with van der Waals surface area (Å²) in [5.74, 6) is -1.68. The Morgan fingerprint density at radius 2 is 2.19 bits per heavy atom. The highest BCUT2D eigenvalue weighted by Gasteiger charge is 2.36. The minimum atomic E-state index is -1.16. The van der Waals surface area contributed by atoms with E-state index < -0.39 is 28.7 Å². The number of hydrogen-bond acceptors (Lipinski definition) is 4. The zero-order valence-corrected chi connectivity index (χ0v) is 9.66. The Balaban J connectivity index is 2.70. The molecule has 0 bridgehead atoms. The van der Waals surface area contributed by atoms with Crippen molar-refractivity contribution in [3.05, 3.63) is 0 Å². The second-order valence-corrected chi connectivity index (χ2v) is 5.21. The number of nitrogens with zero attached hydrogens (tertiary/aromatic N) is 1. The van der Waals surface area contributed by atoms with Gasteiger partial charge in [0.05, 0.1) is 13.0 Å². The first-order valence-electron chi connectivity index (χ1n) is 4.76. The number of aliphatic carboxylic acids is 1. The Labute approximate surface area is 95.1 Å². The van der Waals surface area contributed by atoms with Crippen LogP contribution < -0.4 is 0 Å². The van der Waals surface area contributed by atoms with Crippen LogP contribution in [0.1, 0.15) is 12.8 Å². The molecule has 0 aromatic carbocycles. The van der Waals surface area contributed by atoms with Gasteiger partial charge in [-0.15, -0.1) is 0 Å². The van der Waals surface area contributed by atoms with Gasteiger partial charge in [0.15, 0.2) is 5.78 Å². The van der Waals surface area contributed by atoms with E-state index in [1.807, 2.05) is 0 Å². The molecule has 0 aromatic heterocycles. The van der Waals surface area contributed by atoms with Gasteiger partial charge in [0.2, 0.25) is 5.91 Å². The lowest BCUT2D eigenvalue weighted by atomic mass is 10.2. The van der Waals surface area contributed by atoms with Crippen LogP contribution in [0.3, 0.4) is 0 Å². The molecule has 6 nitrogen and oxygen atoms in total. The molecule has 0 aromatic rings. The minimum Gasteiger partial charge on any atom is -0.480 e. The minimum absolute atomic E-state index is 0.109. The van der Waals surface area contributed by atoms with Gasteiger partial charge in [-0.05, 0) is 6.42 Å². The van der Waals surface area contributed by atoms with Gasteiger partial charge in [-0.2, -0.15) is 0 Å². The van der Waals surface area contributed by atoms with E-state index in [9.17, 15) is 18.6 Å². The molecule has 1 fully saturated rings. The number of carboxylic acids is 1. The van der Waals surface area contributed by atoms with E-state index in [0.29, 0.717) is 0 Å². The van der Waals surface area contributed by atoms with Crippen LogP contribution in [0, 0.1) is 0 Å². The van der Waals surface area contributed by atoms with Crippen LogP contribution in [0.4, 0.5) is 0 Å². The van der Waals surface area contributed by atoms with Crippen molar-refractivity contribution in [2.75, 3.05) is 18.6 Å².